The first-order valence-electron chi connectivity index (χ1n) is 5.72. The first-order chi connectivity index (χ1) is 8.16. The van der Waals surface area contributed by atoms with Crippen LogP contribution in [0.1, 0.15) is 22.7 Å². The summed E-state index contributed by atoms with van der Waals surface area (Å²) in [5, 5.41) is 0. The third-order valence-electron chi connectivity index (χ3n) is 2.88. The zero-order valence-corrected chi connectivity index (χ0v) is 9.86. The molecular formula is C15H16FN. The predicted octanol–water partition coefficient (Wildman–Crippen LogP) is 3.38. The number of hydrogen-bond acceptors (Lipinski definition) is 1. The van der Waals surface area contributed by atoms with E-state index in [0.29, 0.717) is 12.0 Å². The summed E-state index contributed by atoms with van der Waals surface area (Å²) in [6.45, 7) is 2.04. The Balaban J connectivity index is 2.14. The van der Waals surface area contributed by atoms with E-state index in [4.69, 9.17) is 5.73 Å². The molecular weight excluding hydrogens is 213 g/mol. The summed E-state index contributed by atoms with van der Waals surface area (Å²) in [4.78, 5) is 0. The second-order valence-corrected chi connectivity index (χ2v) is 4.32. The van der Waals surface area contributed by atoms with Crippen molar-refractivity contribution in [3.63, 3.8) is 0 Å². The Labute approximate surface area is 101 Å². The van der Waals surface area contributed by atoms with Crippen LogP contribution in [0.15, 0.2) is 48.5 Å². The minimum Gasteiger partial charge on any atom is -0.324 e. The molecule has 0 aliphatic rings. The highest BCUT2D eigenvalue weighted by atomic mass is 19.1. The Morgan fingerprint density at radius 1 is 1.06 bits per heavy atom. The molecule has 0 aliphatic carbocycles. The quantitative estimate of drug-likeness (QED) is 0.858. The molecule has 2 aromatic rings. The van der Waals surface area contributed by atoms with Gasteiger partial charge in [0, 0.05) is 11.6 Å². The number of rotatable bonds is 3. The summed E-state index contributed by atoms with van der Waals surface area (Å²) in [6, 6.07) is 14.6. The van der Waals surface area contributed by atoms with Crippen molar-refractivity contribution in [2.75, 3.05) is 0 Å². The molecule has 88 valence electrons. The van der Waals surface area contributed by atoms with Crippen LogP contribution in [0.4, 0.5) is 4.39 Å². The van der Waals surface area contributed by atoms with E-state index in [1.54, 1.807) is 12.1 Å². The predicted molar refractivity (Wildman–Crippen MR) is 68.2 cm³/mol. The van der Waals surface area contributed by atoms with Crippen molar-refractivity contribution in [1.29, 1.82) is 0 Å². The molecule has 0 aliphatic heterocycles. The normalized spacial score (nSPS) is 12.4. The highest BCUT2D eigenvalue weighted by Gasteiger charge is 2.11. The van der Waals surface area contributed by atoms with E-state index >= 15 is 0 Å². The van der Waals surface area contributed by atoms with Crippen molar-refractivity contribution in [3.8, 4) is 0 Å². The van der Waals surface area contributed by atoms with E-state index in [-0.39, 0.29) is 11.9 Å². The van der Waals surface area contributed by atoms with E-state index in [1.807, 2.05) is 37.3 Å². The van der Waals surface area contributed by atoms with Crippen molar-refractivity contribution in [3.05, 3.63) is 71.0 Å². The lowest BCUT2D eigenvalue weighted by Crippen LogP contribution is -2.14. The average molecular weight is 229 g/mol. The van der Waals surface area contributed by atoms with Gasteiger partial charge in [-0.15, -0.1) is 0 Å². The van der Waals surface area contributed by atoms with Crippen molar-refractivity contribution >= 4 is 0 Å². The molecule has 2 N–H and O–H groups in total. The van der Waals surface area contributed by atoms with Crippen molar-refractivity contribution < 1.29 is 4.39 Å². The maximum absolute atomic E-state index is 13.5. The molecule has 1 nitrogen and oxygen atoms in total. The fourth-order valence-corrected chi connectivity index (χ4v) is 1.86. The van der Waals surface area contributed by atoms with Crippen LogP contribution in [-0.4, -0.2) is 0 Å². The summed E-state index contributed by atoms with van der Waals surface area (Å²) in [5.41, 5.74) is 8.95. The van der Waals surface area contributed by atoms with Gasteiger partial charge >= 0.3 is 0 Å². The maximum atomic E-state index is 13.5. The second kappa shape index (κ2) is 5.11. The number of nitrogens with two attached hydrogens (primary N) is 1. The molecule has 2 aromatic carbocycles. The minimum atomic E-state index is -0.293. The lowest BCUT2D eigenvalue weighted by Gasteiger charge is -2.13. The summed E-state index contributed by atoms with van der Waals surface area (Å²) in [7, 11) is 0. The minimum absolute atomic E-state index is 0.230. The van der Waals surface area contributed by atoms with E-state index in [2.05, 4.69) is 0 Å². The van der Waals surface area contributed by atoms with Gasteiger partial charge in [0.2, 0.25) is 0 Å². The van der Waals surface area contributed by atoms with E-state index in [9.17, 15) is 4.39 Å². The Morgan fingerprint density at radius 3 is 2.35 bits per heavy atom. The number of aryl methyl sites for hydroxylation is 1. The molecule has 0 saturated carbocycles. The summed E-state index contributed by atoms with van der Waals surface area (Å²) >= 11 is 0. The lowest BCUT2D eigenvalue weighted by molar-refractivity contribution is 0.580. The second-order valence-electron chi connectivity index (χ2n) is 4.32. The van der Waals surface area contributed by atoms with Crippen molar-refractivity contribution in [2.24, 2.45) is 5.73 Å². The highest BCUT2D eigenvalue weighted by molar-refractivity contribution is 5.26. The van der Waals surface area contributed by atoms with Crippen LogP contribution >= 0.6 is 0 Å². The molecule has 0 fully saturated rings. The first kappa shape index (κ1) is 11.8. The van der Waals surface area contributed by atoms with Crippen LogP contribution in [0.2, 0.25) is 0 Å². The Morgan fingerprint density at radius 2 is 1.71 bits per heavy atom. The molecule has 1 unspecified atom stereocenters. The third kappa shape index (κ3) is 2.92. The SMILES string of the molecule is Cc1ccc(CC(N)c2ccccc2F)cc1. The van der Waals surface area contributed by atoms with E-state index in [0.717, 1.165) is 5.56 Å². The Hall–Kier alpha value is -1.67. The number of halogens is 1. The molecule has 1 atom stereocenters. The van der Waals surface area contributed by atoms with Crippen LogP contribution in [-0.2, 0) is 6.42 Å². The van der Waals surface area contributed by atoms with Gasteiger partial charge < -0.3 is 5.73 Å². The van der Waals surface area contributed by atoms with Gasteiger partial charge in [-0.3, -0.25) is 0 Å². The third-order valence-corrected chi connectivity index (χ3v) is 2.88. The van der Waals surface area contributed by atoms with Crippen LogP contribution in [0, 0.1) is 12.7 Å². The largest absolute Gasteiger partial charge is 0.324 e. The monoisotopic (exact) mass is 229 g/mol. The zero-order chi connectivity index (χ0) is 12.3. The fourth-order valence-electron chi connectivity index (χ4n) is 1.86. The van der Waals surface area contributed by atoms with Gasteiger partial charge in [-0.1, -0.05) is 48.0 Å². The van der Waals surface area contributed by atoms with Crippen molar-refractivity contribution in [1.82, 2.24) is 0 Å². The molecule has 0 aromatic heterocycles. The summed E-state index contributed by atoms with van der Waals surface area (Å²) < 4.78 is 13.5. The van der Waals surface area contributed by atoms with Gasteiger partial charge in [-0.05, 0) is 25.0 Å². The Bertz CT molecular complexity index is 491. The molecule has 0 bridgehead atoms. The average Bonchev–Trinajstić information content (AvgIpc) is 2.32. The molecule has 2 rings (SSSR count). The number of benzene rings is 2. The fraction of sp³-hybridized carbons (Fsp3) is 0.200. The lowest BCUT2D eigenvalue weighted by atomic mass is 9.99. The summed E-state index contributed by atoms with van der Waals surface area (Å²) in [5.74, 6) is -0.230. The molecule has 17 heavy (non-hydrogen) atoms. The van der Waals surface area contributed by atoms with E-state index in [1.165, 1.54) is 11.6 Å². The molecule has 2 heteroatoms. The smallest absolute Gasteiger partial charge is 0.127 e. The van der Waals surface area contributed by atoms with Gasteiger partial charge in [-0.25, -0.2) is 4.39 Å². The van der Waals surface area contributed by atoms with Crippen LogP contribution in [0.3, 0.4) is 0 Å². The van der Waals surface area contributed by atoms with Crippen LogP contribution in [0.25, 0.3) is 0 Å². The molecule has 0 spiro atoms. The highest BCUT2D eigenvalue weighted by Crippen LogP contribution is 2.19. The van der Waals surface area contributed by atoms with Gasteiger partial charge in [-0.2, -0.15) is 0 Å². The number of hydrogen-bond donors (Lipinski definition) is 1. The zero-order valence-electron chi connectivity index (χ0n) is 9.86. The molecule has 0 saturated heterocycles. The summed E-state index contributed by atoms with van der Waals surface area (Å²) in [6.07, 6.45) is 0.654. The molecule has 0 amide bonds. The topological polar surface area (TPSA) is 26.0 Å². The standard InChI is InChI=1S/C15H16FN/c1-11-6-8-12(9-7-11)10-15(17)13-4-2-3-5-14(13)16/h2-9,15H,10,17H2,1H3. The van der Waals surface area contributed by atoms with Crippen LogP contribution in [0.5, 0.6) is 0 Å². The van der Waals surface area contributed by atoms with Crippen LogP contribution < -0.4 is 5.73 Å². The Kier molecular flexibility index (Phi) is 3.55. The van der Waals surface area contributed by atoms with Crippen molar-refractivity contribution in [2.45, 2.75) is 19.4 Å². The van der Waals surface area contributed by atoms with Gasteiger partial charge in [0.15, 0.2) is 0 Å². The van der Waals surface area contributed by atoms with Gasteiger partial charge in [0.25, 0.3) is 0 Å². The van der Waals surface area contributed by atoms with Gasteiger partial charge in [0.1, 0.15) is 5.82 Å². The van der Waals surface area contributed by atoms with Gasteiger partial charge in [0.05, 0.1) is 0 Å². The maximum Gasteiger partial charge on any atom is 0.127 e. The molecule has 0 heterocycles. The molecule has 0 radical (unpaired) electrons. The first-order valence-corrected chi connectivity index (χ1v) is 5.72. The van der Waals surface area contributed by atoms with E-state index < -0.39 is 0 Å².